The molecule has 0 aliphatic rings. The van der Waals surface area contributed by atoms with Gasteiger partial charge in [0.1, 0.15) is 18.4 Å². The molecule has 1 N–H and O–H groups in total. The number of hydrogen-bond acceptors (Lipinski definition) is 6. The number of hydrogen-bond donors (Lipinski definition) is 1. The van der Waals surface area contributed by atoms with Gasteiger partial charge in [-0.25, -0.2) is 12.8 Å². The van der Waals surface area contributed by atoms with E-state index in [0.717, 1.165) is 4.31 Å². The highest BCUT2D eigenvalue weighted by molar-refractivity contribution is 7.92. The lowest BCUT2D eigenvalue weighted by atomic mass is 10.1. The molecule has 0 fully saturated rings. The fourth-order valence-corrected chi connectivity index (χ4v) is 5.37. The highest BCUT2D eigenvalue weighted by Gasteiger charge is 2.33. The summed E-state index contributed by atoms with van der Waals surface area (Å²) in [7, 11) is -1.49. The Hall–Kier alpha value is -4.12. The van der Waals surface area contributed by atoms with Gasteiger partial charge in [0.15, 0.2) is 11.5 Å². The fourth-order valence-electron chi connectivity index (χ4n) is 3.94. The average molecular weight is 558 g/mol. The van der Waals surface area contributed by atoms with E-state index in [0.29, 0.717) is 12.3 Å². The molecule has 0 aliphatic carbocycles. The van der Waals surface area contributed by atoms with Crippen LogP contribution in [-0.2, 0) is 26.2 Å². The number of sulfonamides is 1. The van der Waals surface area contributed by atoms with Gasteiger partial charge in [0.25, 0.3) is 10.0 Å². The van der Waals surface area contributed by atoms with Crippen molar-refractivity contribution < 1.29 is 31.9 Å². The molecule has 1 atom stereocenters. The Balaban J connectivity index is 2.05. The van der Waals surface area contributed by atoms with Crippen molar-refractivity contribution in [1.29, 1.82) is 0 Å². The molecule has 0 aliphatic heterocycles. The largest absolute Gasteiger partial charge is 0.493 e. The standard InChI is InChI=1S/C28H32FN3O6S/c1-5-30-28(34)20(2)31(18-21-11-9-10-14-24(21)29)27(33)19-32(22-12-7-6-8-13-22)39(35,36)23-15-16-25(37-3)26(17-23)38-4/h6-17,20H,5,18-19H2,1-4H3,(H,30,34)/t20-/m1/s1. The van der Waals surface area contributed by atoms with Crippen LogP contribution in [0, 0.1) is 5.82 Å². The van der Waals surface area contributed by atoms with Crippen molar-refractivity contribution in [2.24, 2.45) is 0 Å². The first kappa shape index (κ1) is 29.4. The topological polar surface area (TPSA) is 105 Å². The van der Waals surface area contributed by atoms with Crippen LogP contribution in [0.4, 0.5) is 10.1 Å². The number of para-hydroxylation sites is 1. The number of anilines is 1. The lowest BCUT2D eigenvalue weighted by Crippen LogP contribution is -2.51. The van der Waals surface area contributed by atoms with Gasteiger partial charge in [-0.2, -0.15) is 0 Å². The Morgan fingerprint density at radius 3 is 2.21 bits per heavy atom. The third-order valence-corrected chi connectivity index (χ3v) is 7.85. The van der Waals surface area contributed by atoms with Crippen molar-refractivity contribution in [3.8, 4) is 11.5 Å². The van der Waals surface area contributed by atoms with Crippen LogP contribution in [0.25, 0.3) is 0 Å². The quantitative estimate of drug-likeness (QED) is 0.365. The minimum Gasteiger partial charge on any atom is -0.493 e. The van der Waals surface area contributed by atoms with Crippen LogP contribution in [0.15, 0.2) is 77.7 Å². The Labute approximate surface area is 228 Å². The van der Waals surface area contributed by atoms with E-state index in [-0.39, 0.29) is 28.4 Å². The minimum absolute atomic E-state index is 0.130. The number of ether oxygens (including phenoxy) is 2. The van der Waals surface area contributed by atoms with Crippen molar-refractivity contribution >= 4 is 27.5 Å². The second-order valence-electron chi connectivity index (χ2n) is 8.55. The number of carbonyl (C=O) groups is 2. The molecule has 0 unspecified atom stereocenters. The van der Waals surface area contributed by atoms with Crippen LogP contribution in [0.3, 0.4) is 0 Å². The molecule has 0 saturated carbocycles. The summed E-state index contributed by atoms with van der Waals surface area (Å²) in [6, 6.07) is 17.1. The first-order valence-corrected chi connectivity index (χ1v) is 13.7. The first-order valence-electron chi connectivity index (χ1n) is 12.2. The summed E-state index contributed by atoms with van der Waals surface area (Å²) in [6.07, 6.45) is 0. The van der Waals surface area contributed by atoms with E-state index >= 15 is 0 Å². The summed E-state index contributed by atoms with van der Waals surface area (Å²) < 4.78 is 53.8. The van der Waals surface area contributed by atoms with Gasteiger partial charge in [-0.1, -0.05) is 36.4 Å². The molecular weight excluding hydrogens is 525 g/mol. The molecule has 0 radical (unpaired) electrons. The summed E-state index contributed by atoms with van der Waals surface area (Å²) in [5.74, 6) is -1.15. The van der Waals surface area contributed by atoms with Crippen LogP contribution in [0.1, 0.15) is 19.4 Å². The predicted molar refractivity (Wildman–Crippen MR) is 146 cm³/mol. The summed E-state index contributed by atoms with van der Waals surface area (Å²) >= 11 is 0. The highest BCUT2D eigenvalue weighted by atomic mass is 32.2. The molecule has 3 aromatic carbocycles. The minimum atomic E-state index is -4.30. The Morgan fingerprint density at radius 1 is 0.949 bits per heavy atom. The summed E-state index contributed by atoms with van der Waals surface area (Å²) in [6.45, 7) is 2.70. The molecule has 0 spiro atoms. The summed E-state index contributed by atoms with van der Waals surface area (Å²) in [5, 5.41) is 2.66. The number of halogens is 1. The molecule has 0 heterocycles. The van der Waals surface area contributed by atoms with Crippen LogP contribution >= 0.6 is 0 Å². The van der Waals surface area contributed by atoms with Crippen molar-refractivity contribution in [2.75, 3.05) is 31.6 Å². The number of methoxy groups -OCH3 is 2. The maximum atomic E-state index is 14.5. The van der Waals surface area contributed by atoms with E-state index in [2.05, 4.69) is 5.32 Å². The molecule has 0 saturated heterocycles. The normalized spacial score (nSPS) is 11.8. The van der Waals surface area contributed by atoms with E-state index in [1.165, 1.54) is 62.4 Å². The maximum absolute atomic E-state index is 14.5. The number of nitrogens with one attached hydrogen (secondary N) is 1. The molecule has 0 aromatic heterocycles. The van der Waals surface area contributed by atoms with E-state index in [9.17, 15) is 22.4 Å². The van der Waals surface area contributed by atoms with Gasteiger partial charge in [-0.05, 0) is 44.2 Å². The molecule has 39 heavy (non-hydrogen) atoms. The summed E-state index contributed by atoms with van der Waals surface area (Å²) in [5.41, 5.74) is 0.424. The Kier molecular flexibility index (Phi) is 9.89. The SMILES string of the molecule is CCNC(=O)[C@@H](C)N(Cc1ccccc1F)C(=O)CN(c1ccccc1)S(=O)(=O)c1ccc(OC)c(OC)c1. The first-order chi connectivity index (χ1) is 18.6. The Bertz CT molecular complexity index is 1400. The summed E-state index contributed by atoms with van der Waals surface area (Å²) in [4.78, 5) is 27.5. The van der Waals surface area contributed by atoms with E-state index in [1.54, 1.807) is 43.3 Å². The monoisotopic (exact) mass is 557 g/mol. The van der Waals surface area contributed by atoms with Crippen molar-refractivity contribution in [1.82, 2.24) is 10.2 Å². The number of likely N-dealkylation sites (N-methyl/N-ethyl adjacent to an activating group) is 1. The molecule has 3 rings (SSSR count). The number of amides is 2. The molecule has 11 heteroatoms. The zero-order valence-electron chi connectivity index (χ0n) is 22.3. The smallest absolute Gasteiger partial charge is 0.264 e. The highest BCUT2D eigenvalue weighted by Crippen LogP contribution is 2.32. The third-order valence-electron chi connectivity index (χ3n) is 6.08. The number of nitrogens with zero attached hydrogens (tertiary/aromatic N) is 2. The van der Waals surface area contributed by atoms with E-state index in [1.807, 2.05) is 0 Å². The van der Waals surface area contributed by atoms with E-state index in [4.69, 9.17) is 9.47 Å². The molecule has 9 nitrogen and oxygen atoms in total. The van der Waals surface area contributed by atoms with Gasteiger partial charge in [-0.15, -0.1) is 0 Å². The maximum Gasteiger partial charge on any atom is 0.264 e. The van der Waals surface area contributed by atoms with E-state index < -0.39 is 40.2 Å². The van der Waals surface area contributed by atoms with Crippen LogP contribution in [0.2, 0.25) is 0 Å². The molecule has 2 amide bonds. The zero-order valence-corrected chi connectivity index (χ0v) is 23.1. The third kappa shape index (κ3) is 6.85. The lowest BCUT2D eigenvalue weighted by molar-refractivity contribution is -0.139. The van der Waals surface area contributed by atoms with Crippen LogP contribution < -0.4 is 19.1 Å². The van der Waals surface area contributed by atoms with Crippen LogP contribution in [0.5, 0.6) is 11.5 Å². The van der Waals surface area contributed by atoms with Gasteiger partial charge in [-0.3, -0.25) is 13.9 Å². The van der Waals surface area contributed by atoms with Gasteiger partial charge in [0, 0.05) is 24.7 Å². The van der Waals surface area contributed by atoms with Gasteiger partial charge < -0.3 is 19.7 Å². The van der Waals surface area contributed by atoms with Gasteiger partial charge >= 0.3 is 0 Å². The van der Waals surface area contributed by atoms with Crippen molar-refractivity contribution in [3.05, 3.63) is 84.2 Å². The molecule has 3 aromatic rings. The molecule has 208 valence electrons. The zero-order chi connectivity index (χ0) is 28.6. The second-order valence-corrected chi connectivity index (χ2v) is 10.4. The predicted octanol–water partition coefficient (Wildman–Crippen LogP) is 3.59. The van der Waals surface area contributed by atoms with Crippen LogP contribution in [-0.4, -0.2) is 58.5 Å². The Morgan fingerprint density at radius 2 is 1.59 bits per heavy atom. The number of rotatable bonds is 12. The average Bonchev–Trinajstić information content (AvgIpc) is 2.95. The fraction of sp³-hybridized carbons (Fsp3) is 0.286. The second kappa shape index (κ2) is 13.1. The number of benzene rings is 3. The molecular formula is C28H32FN3O6S. The van der Waals surface area contributed by atoms with Gasteiger partial charge in [0.2, 0.25) is 11.8 Å². The van der Waals surface area contributed by atoms with Gasteiger partial charge in [0.05, 0.1) is 24.8 Å². The van der Waals surface area contributed by atoms with Crippen molar-refractivity contribution in [2.45, 2.75) is 31.3 Å². The number of carbonyl (C=O) groups excluding carboxylic acids is 2. The van der Waals surface area contributed by atoms with Crippen molar-refractivity contribution in [3.63, 3.8) is 0 Å². The molecule has 0 bridgehead atoms. The lowest BCUT2D eigenvalue weighted by Gasteiger charge is -2.32.